The molecule has 150 valence electrons. The van der Waals surface area contributed by atoms with Crippen LogP contribution in [0.4, 0.5) is 0 Å². The molecule has 3 N–H and O–H groups in total. The summed E-state index contributed by atoms with van der Waals surface area (Å²) in [4.78, 5) is 12.2. The molecular formula is C19H26N6O2S. The average Bonchev–Trinajstić information content (AvgIpc) is 2.99. The van der Waals surface area contributed by atoms with Gasteiger partial charge in [-0.1, -0.05) is 43.8 Å². The van der Waals surface area contributed by atoms with Gasteiger partial charge in [-0.25, -0.2) is 4.68 Å². The van der Waals surface area contributed by atoms with E-state index >= 15 is 0 Å². The molecule has 2 aromatic rings. The Bertz CT molecular complexity index is 869. The lowest BCUT2D eigenvalue weighted by molar-refractivity contribution is -0.120. The number of rotatable bonds is 8. The predicted octanol–water partition coefficient (Wildman–Crippen LogP) is 2.33. The number of nitriles is 1. The van der Waals surface area contributed by atoms with Crippen LogP contribution in [0.15, 0.2) is 23.4 Å². The van der Waals surface area contributed by atoms with E-state index in [0.29, 0.717) is 11.0 Å². The molecule has 0 aliphatic rings. The quantitative estimate of drug-likeness (QED) is 0.514. The molecule has 0 radical (unpaired) electrons. The lowest BCUT2D eigenvalue weighted by atomic mass is 9.90. The minimum atomic E-state index is -0.918. The normalized spacial score (nSPS) is 13.0. The summed E-state index contributed by atoms with van der Waals surface area (Å²) in [6.45, 7) is 9.59. The molecular weight excluding hydrogens is 376 g/mol. The Morgan fingerprint density at radius 3 is 2.61 bits per heavy atom. The molecule has 0 saturated carbocycles. The Labute approximate surface area is 169 Å². The molecule has 1 atom stereocenters. The molecule has 0 spiro atoms. The first kappa shape index (κ1) is 21.6. The third-order valence-electron chi connectivity index (χ3n) is 4.61. The molecule has 2 rings (SSSR count). The standard InChI is InChI=1S/C19H26N6O2S/c1-12(2)19(5,11-20)22-16(26)10-28-18-24-23-15(25(18)21)9-27-17-13(3)7-6-8-14(17)4/h6-8,12H,9-10,21H2,1-5H3,(H,22,26)/t19-/m1/s1. The third kappa shape index (κ3) is 4.95. The third-order valence-corrected chi connectivity index (χ3v) is 5.55. The Hall–Kier alpha value is -2.73. The molecule has 0 unspecified atom stereocenters. The zero-order chi connectivity index (χ0) is 20.9. The van der Waals surface area contributed by atoms with Crippen molar-refractivity contribution < 1.29 is 9.53 Å². The van der Waals surface area contributed by atoms with Gasteiger partial charge in [0.2, 0.25) is 11.1 Å². The molecule has 0 aliphatic heterocycles. The summed E-state index contributed by atoms with van der Waals surface area (Å²) in [6, 6.07) is 8.07. The summed E-state index contributed by atoms with van der Waals surface area (Å²) in [5.74, 6) is 7.09. The molecule has 1 aromatic carbocycles. The van der Waals surface area contributed by atoms with Crippen LogP contribution in [0.3, 0.4) is 0 Å². The number of hydrogen-bond acceptors (Lipinski definition) is 7. The van der Waals surface area contributed by atoms with Crippen LogP contribution in [-0.2, 0) is 11.4 Å². The molecule has 1 aromatic heterocycles. The number of para-hydroxylation sites is 1. The lowest BCUT2D eigenvalue weighted by Gasteiger charge is -2.27. The number of nitrogen functional groups attached to an aromatic ring is 1. The van der Waals surface area contributed by atoms with E-state index in [1.807, 2.05) is 45.9 Å². The molecule has 1 amide bonds. The van der Waals surface area contributed by atoms with Crippen LogP contribution in [-0.4, -0.2) is 32.1 Å². The highest BCUT2D eigenvalue weighted by atomic mass is 32.2. The lowest BCUT2D eigenvalue weighted by Crippen LogP contribution is -2.49. The Morgan fingerprint density at radius 2 is 2.04 bits per heavy atom. The van der Waals surface area contributed by atoms with Crippen molar-refractivity contribution in [3.05, 3.63) is 35.2 Å². The maximum absolute atomic E-state index is 12.2. The zero-order valence-corrected chi connectivity index (χ0v) is 17.6. The van der Waals surface area contributed by atoms with E-state index in [9.17, 15) is 10.1 Å². The van der Waals surface area contributed by atoms with Gasteiger partial charge in [-0.05, 0) is 37.8 Å². The van der Waals surface area contributed by atoms with Crippen molar-refractivity contribution in [2.75, 3.05) is 11.6 Å². The highest BCUT2D eigenvalue weighted by Crippen LogP contribution is 2.24. The van der Waals surface area contributed by atoms with Gasteiger partial charge < -0.3 is 15.9 Å². The van der Waals surface area contributed by atoms with E-state index in [4.69, 9.17) is 10.6 Å². The van der Waals surface area contributed by atoms with Crippen LogP contribution in [0.2, 0.25) is 0 Å². The van der Waals surface area contributed by atoms with E-state index in [1.165, 1.54) is 4.68 Å². The van der Waals surface area contributed by atoms with Gasteiger partial charge in [-0.3, -0.25) is 4.79 Å². The second-order valence-electron chi connectivity index (χ2n) is 7.08. The maximum Gasteiger partial charge on any atom is 0.231 e. The minimum Gasteiger partial charge on any atom is -0.485 e. The monoisotopic (exact) mass is 402 g/mol. The molecule has 0 fully saturated rings. The molecule has 0 aliphatic carbocycles. The van der Waals surface area contributed by atoms with Crippen LogP contribution >= 0.6 is 11.8 Å². The van der Waals surface area contributed by atoms with Crippen molar-refractivity contribution in [1.29, 1.82) is 5.26 Å². The number of amides is 1. The first-order chi connectivity index (χ1) is 13.2. The van der Waals surface area contributed by atoms with Crippen LogP contribution in [0.1, 0.15) is 37.7 Å². The van der Waals surface area contributed by atoms with Gasteiger partial charge in [0.1, 0.15) is 17.9 Å². The smallest absolute Gasteiger partial charge is 0.231 e. The fourth-order valence-corrected chi connectivity index (χ4v) is 3.10. The van der Waals surface area contributed by atoms with Crippen LogP contribution in [0.25, 0.3) is 0 Å². The summed E-state index contributed by atoms with van der Waals surface area (Å²) >= 11 is 1.15. The first-order valence-corrected chi connectivity index (χ1v) is 9.90. The van der Waals surface area contributed by atoms with Gasteiger partial charge in [-0.15, -0.1) is 10.2 Å². The number of nitrogens with zero attached hydrogens (tertiary/aromatic N) is 4. The Balaban J connectivity index is 1.96. The highest BCUT2D eigenvalue weighted by molar-refractivity contribution is 7.99. The van der Waals surface area contributed by atoms with E-state index in [-0.39, 0.29) is 24.2 Å². The second kappa shape index (κ2) is 8.97. The fourth-order valence-electron chi connectivity index (χ4n) is 2.42. The van der Waals surface area contributed by atoms with E-state index < -0.39 is 5.54 Å². The topological polar surface area (TPSA) is 119 Å². The number of nitrogens with two attached hydrogens (primary N) is 1. The van der Waals surface area contributed by atoms with Crippen molar-refractivity contribution in [3.63, 3.8) is 0 Å². The van der Waals surface area contributed by atoms with Gasteiger partial charge in [0.05, 0.1) is 11.8 Å². The summed E-state index contributed by atoms with van der Waals surface area (Å²) in [7, 11) is 0. The van der Waals surface area contributed by atoms with Gasteiger partial charge in [-0.2, -0.15) is 5.26 Å². The predicted molar refractivity (Wildman–Crippen MR) is 108 cm³/mol. The van der Waals surface area contributed by atoms with Gasteiger partial charge in [0, 0.05) is 0 Å². The van der Waals surface area contributed by atoms with Crippen molar-refractivity contribution in [2.24, 2.45) is 5.92 Å². The van der Waals surface area contributed by atoms with E-state index in [0.717, 1.165) is 28.6 Å². The van der Waals surface area contributed by atoms with Crippen molar-refractivity contribution in [3.8, 4) is 11.8 Å². The fraction of sp³-hybridized carbons (Fsp3) is 0.474. The maximum atomic E-state index is 12.2. The molecule has 0 saturated heterocycles. The van der Waals surface area contributed by atoms with Crippen LogP contribution in [0, 0.1) is 31.1 Å². The molecule has 0 bridgehead atoms. The van der Waals surface area contributed by atoms with Crippen LogP contribution < -0.4 is 15.9 Å². The van der Waals surface area contributed by atoms with E-state index in [2.05, 4.69) is 21.6 Å². The number of aromatic nitrogens is 3. The SMILES string of the molecule is Cc1cccc(C)c1OCc1nnc(SCC(=O)N[C@](C)(C#N)C(C)C)n1N. The number of carbonyl (C=O) groups excluding carboxylic acids is 1. The summed E-state index contributed by atoms with van der Waals surface area (Å²) in [6.07, 6.45) is 0. The van der Waals surface area contributed by atoms with Gasteiger partial charge in [0.25, 0.3) is 0 Å². The number of hydrogen-bond donors (Lipinski definition) is 2. The van der Waals surface area contributed by atoms with Gasteiger partial charge >= 0.3 is 0 Å². The molecule has 8 nitrogen and oxygen atoms in total. The summed E-state index contributed by atoms with van der Waals surface area (Å²) in [5, 5.41) is 20.5. The zero-order valence-electron chi connectivity index (χ0n) is 16.8. The van der Waals surface area contributed by atoms with E-state index in [1.54, 1.807) is 6.92 Å². The average molecular weight is 403 g/mol. The number of ether oxygens (including phenoxy) is 1. The Morgan fingerprint density at radius 1 is 1.39 bits per heavy atom. The summed E-state index contributed by atoms with van der Waals surface area (Å²) < 4.78 is 7.17. The minimum absolute atomic E-state index is 0.0155. The summed E-state index contributed by atoms with van der Waals surface area (Å²) in [5.41, 5.74) is 1.14. The van der Waals surface area contributed by atoms with Crippen molar-refractivity contribution in [2.45, 2.75) is 51.9 Å². The number of nitrogens with one attached hydrogen (secondary N) is 1. The number of benzene rings is 1. The highest BCUT2D eigenvalue weighted by Gasteiger charge is 2.30. The number of aryl methyl sites for hydroxylation is 2. The number of carbonyl (C=O) groups is 1. The van der Waals surface area contributed by atoms with Crippen molar-refractivity contribution in [1.82, 2.24) is 20.2 Å². The first-order valence-electron chi connectivity index (χ1n) is 8.91. The van der Waals surface area contributed by atoms with Crippen LogP contribution in [0.5, 0.6) is 5.75 Å². The van der Waals surface area contributed by atoms with Crippen molar-refractivity contribution >= 4 is 17.7 Å². The second-order valence-corrected chi connectivity index (χ2v) is 8.03. The molecule has 9 heteroatoms. The Kier molecular flexibility index (Phi) is 6.91. The van der Waals surface area contributed by atoms with Gasteiger partial charge in [0.15, 0.2) is 5.82 Å². The molecule has 28 heavy (non-hydrogen) atoms. The number of thioether (sulfide) groups is 1. The molecule has 1 heterocycles. The largest absolute Gasteiger partial charge is 0.485 e.